The Bertz CT molecular complexity index is 1430. The molecule has 34 heavy (non-hydrogen) atoms. The van der Waals surface area contributed by atoms with E-state index in [9.17, 15) is 0 Å². The van der Waals surface area contributed by atoms with E-state index in [1.165, 1.54) is 50.0 Å². The Kier molecular flexibility index (Phi) is 5.71. The third-order valence-electron chi connectivity index (χ3n) is 6.65. The smallest absolute Gasteiger partial charge is 0.0487 e. The fourth-order valence-corrected chi connectivity index (χ4v) is 4.85. The zero-order valence-electron chi connectivity index (χ0n) is 20.4. The Labute approximate surface area is 203 Å². The largest absolute Gasteiger partial charge is 0.344 e. The van der Waals surface area contributed by atoms with Crippen molar-refractivity contribution in [3.63, 3.8) is 0 Å². The second-order valence-electron chi connectivity index (χ2n) is 9.95. The van der Waals surface area contributed by atoms with Crippen LogP contribution in [-0.2, 0) is 5.41 Å². The van der Waals surface area contributed by atoms with Crippen LogP contribution in [0.5, 0.6) is 0 Å². The molecule has 0 atom stereocenters. The van der Waals surface area contributed by atoms with Gasteiger partial charge in [0.15, 0.2) is 0 Å². The number of para-hydroxylation sites is 1. The Morgan fingerprint density at radius 1 is 0.529 bits per heavy atom. The Morgan fingerprint density at radius 3 is 1.88 bits per heavy atom. The summed E-state index contributed by atoms with van der Waals surface area (Å²) in [4.78, 5) is 2.29. The van der Waals surface area contributed by atoms with Crippen LogP contribution < -0.4 is 4.90 Å². The quantitative estimate of drug-likeness (QED) is 0.269. The van der Waals surface area contributed by atoms with Crippen LogP contribution in [0.15, 0.2) is 115 Å². The second kappa shape index (κ2) is 8.83. The van der Waals surface area contributed by atoms with Crippen molar-refractivity contribution in [3.05, 3.63) is 121 Å². The summed E-state index contributed by atoms with van der Waals surface area (Å²) in [6.07, 6.45) is 0. The molecule has 0 spiro atoms. The van der Waals surface area contributed by atoms with Gasteiger partial charge in [0, 0.05) is 24.0 Å². The molecular weight excluding hydrogens is 410 g/mol. The minimum atomic E-state index is 0.0718. The number of anilines is 2. The van der Waals surface area contributed by atoms with Gasteiger partial charge >= 0.3 is 0 Å². The molecule has 1 heteroatoms. The molecule has 0 saturated heterocycles. The zero-order valence-corrected chi connectivity index (χ0v) is 20.4. The molecule has 5 aromatic carbocycles. The average Bonchev–Trinajstić information content (AvgIpc) is 2.87. The minimum absolute atomic E-state index is 0.0718. The summed E-state index contributed by atoms with van der Waals surface area (Å²) >= 11 is 0. The SMILES string of the molecule is CN(c1ccc(-c2cccc3ccccc23)cc1)c1ccccc1-c1ccccc1C(C)(C)C. The lowest BCUT2D eigenvalue weighted by atomic mass is 9.81. The average molecular weight is 442 g/mol. The highest BCUT2D eigenvalue weighted by Gasteiger charge is 2.20. The number of fused-ring (bicyclic) bond motifs is 1. The van der Waals surface area contributed by atoms with Crippen LogP contribution in [0, 0.1) is 0 Å². The van der Waals surface area contributed by atoms with Crippen molar-refractivity contribution in [2.45, 2.75) is 26.2 Å². The van der Waals surface area contributed by atoms with E-state index in [4.69, 9.17) is 0 Å². The van der Waals surface area contributed by atoms with E-state index in [2.05, 4.69) is 148 Å². The van der Waals surface area contributed by atoms with Gasteiger partial charge in [-0.3, -0.25) is 0 Å². The van der Waals surface area contributed by atoms with Crippen molar-refractivity contribution in [2.75, 3.05) is 11.9 Å². The van der Waals surface area contributed by atoms with Crippen LogP contribution in [-0.4, -0.2) is 7.05 Å². The fraction of sp³-hybridized carbons (Fsp3) is 0.152. The van der Waals surface area contributed by atoms with E-state index < -0.39 is 0 Å². The van der Waals surface area contributed by atoms with Crippen LogP contribution in [0.3, 0.4) is 0 Å². The van der Waals surface area contributed by atoms with Gasteiger partial charge in [-0.15, -0.1) is 0 Å². The molecular formula is C33H31N. The van der Waals surface area contributed by atoms with Gasteiger partial charge in [0.25, 0.3) is 0 Å². The molecule has 0 aliphatic rings. The van der Waals surface area contributed by atoms with Crippen molar-refractivity contribution >= 4 is 22.1 Å². The lowest BCUT2D eigenvalue weighted by molar-refractivity contribution is 0.592. The molecule has 0 aromatic heterocycles. The molecule has 5 aromatic rings. The van der Waals surface area contributed by atoms with Gasteiger partial charge in [-0.05, 0) is 56.6 Å². The van der Waals surface area contributed by atoms with Crippen LogP contribution in [0.1, 0.15) is 26.3 Å². The molecule has 0 N–H and O–H groups in total. The minimum Gasteiger partial charge on any atom is -0.344 e. The molecule has 0 saturated carbocycles. The van der Waals surface area contributed by atoms with Crippen molar-refractivity contribution in [2.24, 2.45) is 0 Å². The molecule has 0 radical (unpaired) electrons. The fourth-order valence-electron chi connectivity index (χ4n) is 4.85. The van der Waals surface area contributed by atoms with Gasteiger partial charge in [0.05, 0.1) is 0 Å². The Morgan fingerprint density at radius 2 is 1.12 bits per heavy atom. The molecule has 5 rings (SSSR count). The van der Waals surface area contributed by atoms with Crippen molar-refractivity contribution < 1.29 is 0 Å². The van der Waals surface area contributed by atoms with Gasteiger partial charge in [0.1, 0.15) is 0 Å². The van der Waals surface area contributed by atoms with Gasteiger partial charge in [0.2, 0.25) is 0 Å². The standard InChI is InChI=1S/C33H31N/c1-33(2,3)31-18-9-7-15-29(31)30-16-8-10-19-32(30)34(4)26-22-20-25(21-23-26)28-17-11-13-24-12-5-6-14-27(24)28/h5-23H,1-4H3. The summed E-state index contributed by atoms with van der Waals surface area (Å²) < 4.78 is 0. The number of rotatable bonds is 4. The first-order valence-electron chi connectivity index (χ1n) is 11.9. The molecule has 168 valence electrons. The van der Waals surface area contributed by atoms with Crippen molar-refractivity contribution in [1.82, 2.24) is 0 Å². The maximum absolute atomic E-state index is 2.29. The summed E-state index contributed by atoms with van der Waals surface area (Å²) in [7, 11) is 2.16. The highest BCUT2D eigenvalue weighted by Crippen LogP contribution is 2.40. The molecule has 0 heterocycles. The lowest BCUT2D eigenvalue weighted by Gasteiger charge is -2.27. The summed E-state index contributed by atoms with van der Waals surface area (Å²) in [6.45, 7) is 6.85. The highest BCUT2D eigenvalue weighted by atomic mass is 15.1. The van der Waals surface area contributed by atoms with E-state index in [1.807, 2.05) is 0 Å². The summed E-state index contributed by atoms with van der Waals surface area (Å²) in [5, 5.41) is 2.56. The first-order valence-corrected chi connectivity index (χ1v) is 11.9. The van der Waals surface area contributed by atoms with E-state index >= 15 is 0 Å². The van der Waals surface area contributed by atoms with Crippen LogP contribution in [0.25, 0.3) is 33.0 Å². The monoisotopic (exact) mass is 441 g/mol. The normalized spacial score (nSPS) is 11.5. The number of benzene rings is 5. The van der Waals surface area contributed by atoms with Gasteiger partial charge in [-0.1, -0.05) is 118 Å². The lowest BCUT2D eigenvalue weighted by Crippen LogP contribution is -2.14. The molecule has 0 aliphatic heterocycles. The first kappa shape index (κ1) is 22.0. The first-order chi connectivity index (χ1) is 16.4. The summed E-state index contributed by atoms with van der Waals surface area (Å²) in [5.41, 5.74) is 8.87. The van der Waals surface area contributed by atoms with Gasteiger partial charge in [-0.25, -0.2) is 0 Å². The Hall–Kier alpha value is -3.84. The van der Waals surface area contributed by atoms with E-state index in [1.54, 1.807) is 0 Å². The molecule has 0 bridgehead atoms. The molecule has 1 nitrogen and oxygen atoms in total. The maximum atomic E-state index is 2.29. The van der Waals surface area contributed by atoms with Crippen LogP contribution >= 0.6 is 0 Å². The maximum Gasteiger partial charge on any atom is 0.0487 e. The summed E-state index contributed by atoms with van der Waals surface area (Å²) in [5.74, 6) is 0. The third kappa shape index (κ3) is 4.10. The molecule has 0 amide bonds. The zero-order chi connectivity index (χ0) is 23.7. The predicted molar refractivity (Wildman–Crippen MR) is 148 cm³/mol. The Balaban J connectivity index is 1.53. The van der Waals surface area contributed by atoms with Gasteiger partial charge < -0.3 is 4.90 Å². The van der Waals surface area contributed by atoms with E-state index in [0.717, 1.165) is 0 Å². The van der Waals surface area contributed by atoms with Crippen LogP contribution in [0.2, 0.25) is 0 Å². The third-order valence-corrected chi connectivity index (χ3v) is 6.65. The van der Waals surface area contributed by atoms with E-state index in [-0.39, 0.29) is 5.41 Å². The predicted octanol–water partition coefficient (Wildman–Crippen LogP) is 9.24. The van der Waals surface area contributed by atoms with Crippen molar-refractivity contribution in [1.29, 1.82) is 0 Å². The number of hydrogen-bond donors (Lipinski definition) is 0. The van der Waals surface area contributed by atoms with Crippen molar-refractivity contribution in [3.8, 4) is 22.3 Å². The number of hydrogen-bond acceptors (Lipinski definition) is 1. The van der Waals surface area contributed by atoms with Crippen LogP contribution in [0.4, 0.5) is 11.4 Å². The van der Waals surface area contributed by atoms with E-state index in [0.29, 0.717) is 0 Å². The highest BCUT2D eigenvalue weighted by molar-refractivity contribution is 5.97. The molecule has 0 fully saturated rings. The molecule has 0 unspecified atom stereocenters. The summed E-state index contributed by atoms with van der Waals surface area (Å²) in [6, 6.07) is 41.5. The topological polar surface area (TPSA) is 3.24 Å². The van der Waals surface area contributed by atoms with Gasteiger partial charge in [-0.2, -0.15) is 0 Å². The molecule has 0 aliphatic carbocycles. The second-order valence-corrected chi connectivity index (χ2v) is 9.95. The number of nitrogens with zero attached hydrogens (tertiary/aromatic N) is 1.